The summed E-state index contributed by atoms with van der Waals surface area (Å²) in [6.45, 7) is 2.23. The maximum atomic E-state index is 12.5. The van der Waals surface area contributed by atoms with Crippen molar-refractivity contribution in [3.05, 3.63) is 29.3 Å². The molecular weight excluding hydrogens is 264 g/mol. The number of sulfonamides is 1. The molecule has 1 fully saturated rings. The van der Waals surface area contributed by atoms with Crippen molar-refractivity contribution in [3.63, 3.8) is 0 Å². The highest BCUT2D eigenvalue weighted by Crippen LogP contribution is 2.24. The maximum absolute atomic E-state index is 12.5. The zero-order chi connectivity index (χ0) is 13.5. The molecule has 0 aromatic heterocycles. The molecule has 0 amide bonds. The Morgan fingerprint density at radius 2 is 2.05 bits per heavy atom. The predicted octanol–water partition coefficient (Wildman–Crippen LogP) is 0.435. The lowest BCUT2D eigenvalue weighted by atomic mass is 10.1. The van der Waals surface area contributed by atoms with Crippen molar-refractivity contribution in [3.8, 4) is 0 Å². The van der Waals surface area contributed by atoms with Crippen molar-refractivity contribution in [1.82, 2.24) is 9.62 Å². The molecule has 0 bridgehead atoms. The number of β-amino-alcohol motifs (C(OH)–C–C–N with tert-alkyl or cyclic N) is 1. The first-order valence-corrected chi connectivity index (χ1v) is 8.02. The van der Waals surface area contributed by atoms with Gasteiger partial charge >= 0.3 is 0 Å². The minimum absolute atomic E-state index is 0.206. The SMILES string of the molecule is O=S(=O)(c1ccc2c(c1)CNC2)N1CCCC(O)C1. The van der Waals surface area contributed by atoms with Crippen LogP contribution in [0.25, 0.3) is 0 Å². The summed E-state index contributed by atoms with van der Waals surface area (Å²) in [5, 5.41) is 12.8. The number of piperidine rings is 1. The van der Waals surface area contributed by atoms with Gasteiger partial charge in [0.2, 0.25) is 10.0 Å². The molecule has 1 aromatic carbocycles. The topological polar surface area (TPSA) is 69.6 Å². The average Bonchev–Trinajstić information content (AvgIpc) is 2.85. The van der Waals surface area contributed by atoms with Gasteiger partial charge < -0.3 is 10.4 Å². The van der Waals surface area contributed by atoms with Crippen molar-refractivity contribution in [2.75, 3.05) is 13.1 Å². The summed E-state index contributed by atoms with van der Waals surface area (Å²) in [4.78, 5) is 0.337. The van der Waals surface area contributed by atoms with Gasteiger partial charge in [0.1, 0.15) is 0 Å². The fraction of sp³-hybridized carbons (Fsp3) is 0.538. The van der Waals surface area contributed by atoms with Gasteiger partial charge in [-0.1, -0.05) is 6.07 Å². The van der Waals surface area contributed by atoms with Crippen LogP contribution in [0.1, 0.15) is 24.0 Å². The van der Waals surface area contributed by atoms with Crippen LogP contribution in [0.2, 0.25) is 0 Å². The molecule has 6 heteroatoms. The van der Waals surface area contributed by atoms with E-state index in [4.69, 9.17) is 0 Å². The normalized spacial score (nSPS) is 24.4. The van der Waals surface area contributed by atoms with E-state index in [2.05, 4.69) is 5.32 Å². The molecule has 1 aromatic rings. The molecule has 0 radical (unpaired) electrons. The Morgan fingerprint density at radius 3 is 2.84 bits per heavy atom. The second kappa shape index (κ2) is 4.86. The van der Waals surface area contributed by atoms with E-state index >= 15 is 0 Å². The van der Waals surface area contributed by atoms with Gasteiger partial charge in [0, 0.05) is 26.2 Å². The Morgan fingerprint density at radius 1 is 1.26 bits per heavy atom. The second-order valence-electron chi connectivity index (χ2n) is 5.19. The molecule has 0 saturated carbocycles. The average molecular weight is 282 g/mol. The zero-order valence-corrected chi connectivity index (χ0v) is 11.5. The van der Waals surface area contributed by atoms with E-state index in [-0.39, 0.29) is 6.54 Å². The van der Waals surface area contributed by atoms with Crippen molar-refractivity contribution in [2.45, 2.75) is 36.9 Å². The Hall–Kier alpha value is -0.950. The van der Waals surface area contributed by atoms with Crippen LogP contribution in [0.4, 0.5) is 0 Å². The van der Waals surface area contributed by atoms with Crippen molar-refractivity contribution < 1.29 is 13.5 Å². The molecule has 5 nitrogen and oxygen atoms in total. The maximum Gasteiger partial charge on any atom is 0.243 e. The van der Waals surface area contributed by atoms with Crippen molar-refractivity contribution in [1.29, 1.82) is 0 Å². The third kappa shape index (κ3) is 2.41. The minimum Gasteiger partial charge on any atom is -0.392 e. The summed E-state index contributed by atoms with van der Waals surface area (Å²) in [7, 11) is -3.47. The van der Waals surface area contributed by atoms with Crippen LogP contribution < -0.4 is 5.32 Å². The number of nitrogens with one attached hydrogen (secondary N) is 1. The van der Waals surface area contributed by atoms with Gasteiger partial charge in [-0.3, -0.25) is 0 Å². The van der Waals surface area contributed by atoms with E-state index in [0.717, 1.165) is 24.2 Å². The first kappa shape index (κ1) is 13.1. The number of aliphatic hydroxyl groups excluding tert-OH is 1. The molecule has 1 unspecified atom stereocenters. The van der Waals surface area contributed by atoms with Crippen molar-refractivity contribution >= 4 is 10.0 Å². The fourth-order valence-electron chi connectivity index (χ4n) is 2.72. The minimum atomic E-state index is -3.47. The van der Waals surface area contributed by atoms with Gasteiger partial charge in [0.15, 0.2) is 0 Å². The molecule has 19 heavy (non-hydrogen) atoms. The zero-order valence-electron chi connectivity index (χ0n) is 10.7. The highest BCUT2D eigenvalue weighted by atomic mass is 32.2. The molecule has 0 aliphatic carbocycles. The molecule has 104 valence electrons. The van der Waals surface area contributed by atoms with Crippen LogP contribution in [0.15, 0.2) is 23.1 Å². The predicted molar refractivity (Wildman–Crippen MR) is 71.0 cm³/mol. The summed E-state index contributed by atoms with van der Waals surface area (Å²) < 4.78 is 26.4. The van der Waals surface area contributed by atoms with Gasteiger partial charge in [-0.25, -0.2) is 8.42 Å². The number of hydrogen-bond donors (Lipinski definition) is 2. The van der Waals surface area contributed by atoms with Crippen LogP contribution in [0, 0.1) is 0 Å². The first-order chi connectivity index (χ1) is 9.07. The van der Waals surface area contributed by atoms with Crippen LogP contribution in [0.5, 0.6) is 0 Å². The molecule has 1 atom stereocenters. The quantitative estimate of drug-likeness (QED) is 0.825. The summed E-state index contributed by atoms with van der Waals surface area (Å²) in [5.74, 6) is 0. The molecule has 3 rings (SSSR count). The smallest absolute Gasteiger partial charge is 0.243 e. The number of nitrogens with zero attached hydrogens (tertiary/aromatic N) is 1. The van der Waals surface area contributed by atoms with Gasteiger partial charge in [-0.2, -0.15) is 4.31 Å². The second-order valence-corrected chi connectivity index (χ2v) is 7.13. The lowest BCUT2D eigenvalue weighted by molar-refractivity contribution is 0.108. The summed E-state index contributed by atoms with van der Waals surface area (Å²) >= 11 is 0. The van der Waals surface area contributed by atoms with Gasteiger partial charge in [0.05, 0.1) is 11.0 Å². The van der Waals surface area contributed by atoms with E-state index in [9.17, 15) is 13.5 Å². The number of rotatable bonds is 2. The van der Waals surface area contributed by atoms with E-state index in [0.29, 0.717) is 24.3 Å². The largest absolute Gasteiger partial charge is 0.392 e. The van der Waals surface area contributed by atoms with Crippen molar-refractivity contribution in [2.24, 2.45) is 0 Å². The highest BCUT2D eigenvalue weighted by Gasteiger charge is 2.30. The van der Waals surface area contributed by atoms with Crippen LogP contribution >= 0.6 is 0 Å². The molecule has 0 spiro atoms. The summed E-state index contributed by atoms with van der Waals surface area (Å²) in [5.41, 5.74) is 2.22. The highest BCUT2D eigenvalue weighted by molar-refractivity contribution is 7.89. The molecular formula is C13H18N2O3S. The number of fused-ring (bicyclic) bond motifs is 1. The Labute approximate surface area is 113 Å². The number of aliphatic hydroxyl groups is 1. The number of benzene rings is 1. The third-order valence-electron chi connectivity index (χ3n) is 3.81. The molecule has 2 heterocycles. The lowest BCUT2D eigenvalue weighted by Crippen LogP contribution is -2.42. The van der Waals surface area contributed by atoms with Crippen LogP contribution in [-0.4, -0.2) is 37.0 Å². The first-order valence-electron chi connectivity index (χ1n) is 6.58. The van der Waals surface area contributed by atoms with E-state index in [1.54, 1.807) is 12.1 Å². The standard InChI is InChI=1S/C13H18N2O3S/c16-12-2-1-5-15(9-12)19(17,18)13-4-3-10-7-14-8-11(10)6-13/h3-4,6,12,14,16H,1-2,5,7-9H2. The molecule has 2 aliphatic heterocycles. The fourth-order valence-corrected chi connectivity index (χ4v) is 4.29. The Balaban J connectivity index is 1.91. The number of hydrogen-bond acceptors (Lipinski definition) is 4. The van der Waals surface area contributed by atoms with Gasteiger partial charge in [-0.05, 0) is 36.1 Å². The van der Waals surface area contributed by atoms with Crippen LogP contribution in [0.3, 0.4) is 0 Å². The van der Waals surface area contributed by atoms with E-state index in [1.165, 1.54) is 4.31 Å². The molecule has 1 saturated heterocycles. The Bertz CT molecular complexity index is 586. The third-order valence-corrected chi connectivity index (χ3v) is 5.67. The monoisotopic (exact) mass is 282 g/mol. The summed E-state index contributed by atoms with van der Waals surface area (Å²) in [6, 6.07) is 5.30. The lowest BCUT2D eigenvalue weighted by Gasteiger charge is -2.29. The van der Waals surface area contributed by atoms with E-state index in [1.807, 2.05) is 6.07 Å². The van der Waals surface area contributed by atoms with Crippen LogP contribution in [-0.2, 0) is 23.1 Å². The van der Waals surface area contributed by atoms with E-state index < -0.39 is 16.1 Å². The van der Waals surface area contributed by atoms with Gasteiger partial charge in [0.25, 0.3) is 0 Å². The molecule has 2 N–H and O–H groups in total. The Kier molecular flexibility index (Phi) is 3.34. The summed E-state index contributed by atoms with van der Waals surface area (Å²) in [6.07, 6.45) is 0.854. The molecule has 2 aliphatic rings. The van der Waals surface area contributed by atoms with Gasteiger partial charge in [-0.15, -0.1) is 0 Å².